The molecule has 5 rings (SSSR count). The third-order valence-corrected chi connectivity index (χ3v) is 7.12. The summed E-state index contributed by atoms with van der Waals surface area (Å²) >= 11 is 0. The molecule has 8 nitrogen and oxygen atoms in total. The third kappa shape index (κ3) is 7.38. The van der Waals surface area contributed by atoms with Gasteiger partial charge in [0.1, 0.15) is 6.33 Å². The zero-order valence-electron chi connectivity index (χ0n) is 21.8. The second-order valence-electron chi connectivity index (χ2n) is 9.87. The maximum atomic E-state index is 12.9. The number of hydrogen-bond donors (Lipinski definition) is 1. The summed E-state index contributed by atoms with van der Waals surface area (Å²) in [5.74, 6) is -0.0101. The van der Waals surface area contributed by atoms with Crippen LogP contribution in [0.1, 0.15) is 35.6 Å². The molecule has 4 aromatic rings. The minimum atomic E-state index is -0.437. The van der Waals surface area contributed by atoms with Gasteiger partial charge in [0.05, 0.1) is 44.7 Å². The molecule has 2 N–H and O–H groups in total. The van der Waals surface area contributed by atoms with Crippen molar-refractivity contribution in [1.82, 2.24) is 14.5 Å². The molecule has 0 aliphatic heterocycles. The number of nitrogen functional groups attached to an aromatic ring is 1. The lowest BCUT2D eigenvalue weighted by molar-refractivity contribution is -0.119. The summed E-state index contributed by atoms with van der Waals surface area (Å²) in [6.45, 7) is 1.90. The van der Waals surface area contributed by atoms with Crippen molar-refractivity contribution >= 4 is 5.95 Å². The first-order chi connectivity index (χ1) is 19.2. The Morgan fingerprint density at radius 2 is 1.28 bits per heavy atom. The van der Waals surface area contributed by atoms with Gasteiger partial charge < -0.3 is 19.9 Å². The van der Waals surface area contributed by atoms with E-state index in [0.29, 0.717) is 39.3 Å². The van der Waals surface area contributed by atoms with Gasteiger partial charge in [-0.3, -0.25) is 4.57 Å². The second kappa shape index (κ2) is 13.3. The lowest BCUT2D eigenvalue weighted by atomic mass is 9.81. The van der Waals surface area contributed by atoms with E-state index in [1.54, 1.807) is 4.57 Å². The molecular weight excluding hydrogens is 492 g/mol. The van der Waals surface area contributed by atoms with Crippen molar-refractivity contribution in [3.05, 3.63) is 124 Å². The molecule has 1 saturated carbocycles. The number of hydrogen-bond acceptors (Lipinski definition) is 7. The first-order valence-electron chi connectivity index (χ1n) is 13.3. The molecule has 0 spiro atoms. The summed E-state index contributed by atoms with van der Waals surface area (Å²) in [7, 11) is 0. The van der Waals surface area contributed by atoms with Gasteiger partial charge in [-0.15, -0.1) is 0 Å². The number of aromatic nitrogens is 3. The van der Waals surface area contributed by atoms with E-state index < -0.39 is 5.69 Å². The van der Waals surface area contributed by atoms with E-state index in [1.807, 2.05) is 78.9 Å². The Morgan fingerprint density at radius 1 is 0.744 bits per heavy atom. The highest BCUT2D eigenvalue weighted by Crippen LogP contribution is 2.37. The molecule has 1 fully saturated rings. The Hall–Kier alpha value is -3.85. The average Bonchev–Trinajstić information content (AvgIpc) is 2.97. The highest BCUT2D eigenvalue weighted by Gasteiger charge is 2.40. The standard InChI is InChI=1S/C31H34N4O4/c32-30-33-22-35(31(36)34-30)27-16-26(21-37-18-23-10-4-1-5-11-23)28(38-19-24-12-6-2-7-13-24)17-29(27)39-20-25-14-8-3-9-15-25/h1-15,22,26-29H,16-21H2,(H2,32,34,36)/t26-,27-,28?,29+/m1/s1. The van der Waals surface area contributed by atoms with E-state index in [4.69, 9.17) is 19.9 Å². The van der Waals surface area contributed by atoms with Crippen LogP contribution in [0.25, 0.3) is 0 Å². The minimum absolute atomic E-state index is 0.0310. The second-order valence-corrected chi connectivity index (χ2v) is 9.87. The van der Waals surface area contributed by atoms with E-state index in [2.05, 4.69) is 22.1 Å². The average molecular weight is 527 g/mol. The molecule has 3 aromatic carbocycles. The van der Waals surface area contributed by atoms with Crippen molar-refractivity contribution in [3.63, 3.8) is 0 Å². The van der Waals surface area contributed by atoms with Gasteiger partial charge in [-0.05, 0) is 23.1 Å². The van der Waals surface area contributed by atoms with Gasteiger partial charge in [0.15, 0.2) is 0 Å². The van der Waals surface area contributed by atoms with Gasteiger partial charge in [0, 0.05) is 12.3 Å². The Morgan fingerprint density at radius 3 is 1.85 bits per heavy atom. The molecule has 1 aliphatic rings. The molecule has 1 heterocycles. The van der Waals surface area contributed by atoms with Crippen LogP contribution in [0.3, 0.4) is 0 Å². The zero-order chi connectivity index (χ0) is 26.9. The molecule has 0 saturated heterocycles. The van der Waals surface area contributed by atoms with Gasteiger partial charge in [0.25, 0.3) is 0 Å². The van der Waals surface area contributed by atoms with Crippen LogP contribution < -0.4 is 11.4 Å². The molecule has 0 radical (unpaired) electrons. The maximum Gasteiger partial charge on any atom is 0.352 e. The summed E-state index contributed by atoms with van der Waals surface area (Å²) in [6.07, 6.45) is 2.27. The fourth-order valence-electron chi connectivity index (χ4n) is 5.08. The largest absolute Gasteiger partial charge is 0.376 e. The smallest absolute Gasteiger partial charge is 0.352 e. The molecule has 4 atom stereocenters. The van der Waals surface area contributed by atoms with E-state index >= 15 is 0 Å². The van der Waals surface area contributed by atoms with Crippen molar-refractivity contribution in [2.75, 3.05) is 12.3 Å². The molecule has 0 bridgehead atoms. The lowest BCUT2D eigenvalue weighted by Crippen LogP contribution is -2.46. The summed E-state index contributed by atoms with van der Waals surface area (Å²) in [5.41, 5.74) is 8.53. The summed E-state index contributed by atoms with van der Waals surface area (Å²) in [4.78, 5) is 20.9. The Bertz CT molecular complexity index is 1350. The molecule has 8 heteroatoms. The predicted molar refractivity (Wildman–Crippen MR) is 149 cm³/mol. The number of nitrogens with two attached hydrogens (primary N) is 1. The quantitative estimate of drug-likeness (QED) is 0.306. The number of anilines is 1. The lowest BCUT2D eigenvalue weighted by Gasteiger charge is -2.41. The van der Waals surface area contributed by atoms with Crippen LogP contribution in [0.5, 0.6) is 0 Å². The maximum absolute atomic E-state index is 12.9. The van der Waals surface area contributed by atoms with Crippen molar-refractivity contribution in [2.45, 2.75) is 50.9 Å². The molecule has 1 aliphatic carbocycles. The van der Waals surface area contributed by atoms with Gasteiger partial charge in [-0.1, -0.05) is 91.0 Å². The molecule has 1 unspecified atom stereocenters. The minimum Gasteiger partial charge on any atom is -0.376 e. The van der Waals surface area contributed by atoms with Gasteiger partial charge >= 0.3 is 5.69 Å². The first kappa shape index (κ1) is 26.7. The number of ether oxygens (including phenoxy) is 3. The fraction of sp³-hybridized carbons (Fsp3) is 0.323. The highest BCUT2D eigenvalue weighted by molar-refractivity contribution is 5.15. The molecule has 202 valence electrons. The Balaban J connectivity index is 1.37. The number of rotatable bonds is 11. The third-order valence-electron chi connectivity index (χ3n) is 7.12. The zero-order valence-corrected chi connectivity index (χ0v) is 21.8. The van der Waals surface area contributed by atoms with E-state index in [0.717, 1.165) is 16.7 Å². The van der Waals surface area contributed by atoms with Crippen LogP contribution in [-0.2, 0) is 34.0 Å². The van der Waals surface area contributed by atoms with Gasteiger partial charge in [-0.2, -0.15) is 4.98 Å². The summed E-state index contributed by atoms with van der Waals surface area (Å²) in [6, 6.07) is 29.9. The molecule has 39 heavy (non-hydrogen) atoms. The van der Waals surface area contributed by atoms with Crippen LogP contribution in [0.4, 0.5) is 5.95 Å². The van der Waals surface area contributed by atoms with Crippen molar-refractivity contribution in [3.8, 4) is 0 Å². The van der Waals surface area contributed by atoms with E-state index in [1.165, 1.54) is 6.33 Å². The van der Waals surface area contributed by atoms with Crippen molar-refractivity contribution in [2.24, 2.45) is 5.92 Å². The summed E-state index contributed by atoms with van der Waals surface area (Å²) < 4.78 is 20.7. The van der Waals surface area contributed by atoms with Crippen LogP contribution in [0.15, 0.2) is 102 Å². The number of nitrogens with zero attached hydrogens (tertiary/aromatic N) is 3. The van der Waals surface area contributed by atoms with Crippen molar-refractivity contribution in [1.29, 1.82) is 0 Å². The van der Waals surface area contributed by atoms with E-state index in [-0.39, 0.29) is 30.1 Å². The van der Waals surface area contributed by atoms with Crippen LogP contribution in [-0.4, -0.2) is 33.3 Å². The fourth-order valence-corrected chi connectivity index (χ4v) is 5.08. The summed E-state index contributed by atoms with van der Waals surface area (Å²) in [5, 5.41) is 0. The Labute approximate surface area is 228 Å². The van der Waals surface area contributed by atoms with Crippen LogP contribution in [0.2, 0.25) is 0 Å². The number of benzene rings is 3. The molecule has 0 amide bonds. The monoisotopic (exact) mass is 526 g/mol. The predicted octanol–water partition coefficient (Wildman–Crippen LogP) is 4.56. The van der Waals surface area contributed by atoms with Gasteiger partial charge in [-0.25, -0.2) is 9.78 Å². The van der Waals surface area contributed by atoms with Crippen LogP contribution >= 0.6 is 0 Å². The van der Waals surface area contributed by atoms with E-state index in [9.17, 15) is 4.79 Å². The van der Waals surface area contributed by atoms with Crippen LogP contribution in [0, 0.1) is 5.92 Å². The highest BCUT2D eigenvalue weighted by atomic mass is 16.5. The molecule has 1 aromatic heterocycles. The topological polar surface area (TPSA) is 101 Å². The first-order valence-corrected chi connectivity index (χ1v) is 13.3. The Kier molecular flexibility index (Phi) is 9.11. The van der Waals surface area contributed by atoms with Crippen molar-refractivity contribution < 1.29 is 14.2 Å². The SMILES string of the molecule is Nc1ncn([C@@H]2C[C@H](COCc3ccccc3)C(OCc3ccccc3)C[C@@H]2OCc2ccccc2)c(=O)n1. The normalized spacial score (nSPS) is 21.0. The molecular formula is C31H34N4O4. The van der Waals surface area contributed by atoms with Gasteiger partial charge in [0.2, 0.25) is 5.95 Å².